The highest BCUT2D eigenvalue weighted by atomic mass is 32.1. The zero-order valence-electron chi connectivity index (χ0n) is 14.3. The predicted molar refractivity (Wildman–Crippen MR) is 97.8 cm³/mol. The molecule has 3 rings (SSSR count). The Labute approximate surface area is 158 Å². The Hall–Kier alpha value is -3.20. The fourth-order valence-corrected chi connectivity index (χ4v) is 3.27. The lowest BCUT2D eigenvalue weighted by Crippen LogP contribution is -2.43. The molecular formula is C18H17N3O5S. The van der Waals surface area contributed by atoms with Crippen molar-refractivity contribution in [3.8, 4) is 0 Å². The average molecular weight is 387 g/mol. The van der Waals surface area contributed by atoms with E-state index in [-0.39, 0.29) is 12.2 Å². The molecule has 3 aromatic rings. The molecule has 0 atom stereocenters. The van der Waals surface area contributed by atoms with Crippen LogP contribution in [0, 0.1) is 0 Å². The second-order valence-corrected chi connectivity index (χ2v) is 6.68. The van der Waals surface area contributed by atoms with Gasteiger partial charge in [-0.1, -0.05) is 12.1 Å². The van der Waals surface area contributed by atoms with E-state index in [1.165, 1.54) is 12.3 Å². The molecule has 8 nitrogen and oxygen atoms in total. The topological polar surface area (TPSA) is 111 Å². The van der Waals surface area contributed by atoms with Crippen LogP contribution in [0.4, 0.5) is 0 Å². The normalized spacial score (nSPS) is 10.5. The highest BCUT2D eigenvalue weighted by Crippen LogP contribution is 2.22. The van der Waals surface area contributed by atoms with Crippen molar-refractivity contribution in [2.45, 2.75) is 19.3 Å². The molecule has 0 aliphatic heterocycles. The molecule has 0 spiro atoms. The Kier molecular flexibility index (Phi) is 6.16. The van der Waals surface area contributed by atoms with Crippen molar-refractivity contribution in [1.82, 2.24) is 15.8 Å². The van der Waals surface area contributed by atoms with Gasteiger partial charge < -0.3 is 9.15 Å². The minimum absolute atomic E-state index is 0.0575. The van der Waals surface area contributed by atoms with E-state index in [1.807, 2.05) is 24.3 Å². The molecule has 2 amide bonds. The van der Waals surface area contributed by atoms with Gasteiger partial charge in [-0.3, -0.25) is 25.2 Å². The molecule has 0 unspecified atom stereocenters. The van der Waals surface area contributed by atoms with Crippen LogP contribution in [0.25, 0.3) is 10.2 Å². The van der Waals surface area contributed by atoms with E-state index in [0.717, 1.165) is 15.2 Å². The van der Waals surface area contributed by atoms with Crippen LogP contribution in [-0.4, -0.2) is 29.4 Å². The SMILES string of the molecule is O=C(COC(=O)CCCc1nc2ccccc2s1)NNC(=O)c1ccco1. The van der Waals surface area contributed by atoms with E-state index in [0.29, 0.717) is 12.8 Å². The number of carbonyl (C=O) groups excluding carboxylic acids is 3. The highest BCUT2D eigenvalue weighted by molar-refractivity contribution is 7.18. The highest BCUT2D eigenvalue weighted by Gasteiger charge is 2.12. The van der Waals surface area contributed by atoms with E-state index in [4.69, 9.17) is 9.15 Å². The molecule has 9 heteroatoms. The third-order valence-corrected chi connectivity index (χ3v) is 4.63. The zero-order chi connectivity index (χ0) is 19.1. The van der Waals surface area contributed by atoms with E-state index in [2.05, 4.69) is 15.8 Å². The van der Waals surface area contributed by atoms with Crippen LogP contribution in [0.2, 0.25) is 0 Å². The van der Waals surface area contributed by atoms with Crippen LogP contribution < -0.4 is 10.9 Å². The number of nitrogens with one attached hydrogen (secondary N) is 2. The summed E-state index contributed by atoms with van der Waals surface area (Å²) in [6, 6.07) is 10.9. The summed E-state index contributed by atoms with van der Waals surface area (Å²) >= 11 is 1.60. The molecule has 0 saturated carbocycles. The van der Waals surface area contributed by atoms with Crippen LogP contribution in [0.5, 0.6) is 0 Å². The zero-order valence-corrected chi connectivity index (χ0v) is 15.1. The summed E-state index contributed by atoms with van der Waals surface area (Å²) in [6.45, 7) is -0.474. The summed E-state index contributed by atoms with van der Waals surface area (Å²) in [5, 5.41) is 0.961. The Morgan fingerprint density at radius 1 is 1.11 bits per heavy atom. The number of rotatable bonds is 7. The van der Waals surface area contributed by atoms with Crippen LogP contribution >= 0.6 is 11.3 Å². The maximum atomic E-state index is 11.7. The van der Waals surface area contributed by atoms with Gasteiger partial charge >= 0.3 is 11.9 Å². The number of ether oxygens (including phenoxy) is 1. The summed E-state index contributed by atoms with van der Waals surface area (Å²) < 4.78 is 10.9. The van der Waals surface area contributed by atoms with Crippen LogP contribution in [0.3, 0.4) is 0 Å². The first-order valence-electron chi connectivity index (χ1n) is 8.24. The van der Waals surface area contributed by atoms with Gasteiger partial charge in [0.1, 0.15) is 0 Å². The second-order valence-electron chi connectivity index (χ2n) is 5.57. The molecule has 0 saturated heterocycles. The summed E-state index contributed by atoms with van der Waals surface area (Å²) in [5.41, 5.74) is 5.25. The number of esters is 1. The minimum atomic E-state index is -0.644. The van der Waals surface area contributed by atoms with Crippen LogP contribution in [0.1, 0.15) is 28.4 Å². The first-order valence-corrected chi connectivity index (χ1v) is 9.06. The van der Waals surface area contributed by atoms with Gasteiger partial charge in [0.15, 0.2) is 12.4 Å². The van der Waals surface area contributed by atoms with Gasteiger partial charge in [0.05, 0.1) is 21.5 Å². The fourth-order valence-electron chi connectivity index (χ4n) is 2.26. The number of aromatic nitrogens is 1. The maximum absolute atomic E-state index is 11.7. The number of thiazole rings is 1. The first-order chi connectivity index (χ1) is 13.1. The summed E-state index contributed by atoms with van der Waals surface area (Å²) in [7, 11) is 0. The smallest absolute Gasteiger partial charge is 0.306 e. The van der Waals surface area contributed by atoms with Crippen molar-refractivity contribution in [2.24, 2.45) is 0 Å². The largest absolute Gasteiger partial charge is 0.459 e. The van der Waals surface area contributed by atoms with Crippen molar-refractivity contribution in [3.05, 3.63) is 53.4 Å². The van der Waals surface area contributed by atoms with E-state index in [9.17, 15) is 14.4 Å². The third-order valence-electron chi connectivity index (χ3n) is 3.53. The van der Waals surface area contributed by atoms with Gasteiger partial charge in [0.2, 0.25) is 0 Å². The lowest BCUT2D eigenvalue weighted by atomic mass is 10.2. The van der Waals surface area contributed by atoms with E-state index < -0.39 is 24.4 Å². The van der Waals surface area contributed by atoms with Gasteiger partial charge in [-0.15, -0.1) is 11.3 Å². The average Bonchev–Trinajstić information content (AvgIpc) is 3.33. The Morgan fingerprint density at radius 2 is 1.96 bits per heavy atom. The summed E-state index contributed by atoms with van der Waals surface area (Å²) in [5.74, 6) is -1.67. The molecule has 0 radical (unpaired) electrons. The monoisotopic (exact) mass is 387 g/mol. The van der Waals surface area contributed by atoms with Gasteiger partial charge in [-0.05, 0) is 37.1 Å². The molecule has 27 heavy (non-hydrogen) atoms. The van der Waals surface area contributed by atoms with Crippen molar-refractivity contribution >= 4 is 39.3 Å². The van der Waals surface area contributed by atoms with Gasteiger partial charge in [0.25, 0.3) is 5.91 Å². The van der Waals surface area contributed by atoms with E-state index >= 15 is 0 Å². The number of furan rings is 1. The quantitative estimate of drug-likeness (QED) is 0.475. The molecule has 2 aromatic heterocycles. The Balaban J connectivity index is 1.32. The molecule has 0 fully saturated rings. The number of fused-ring (bicyclic) bond motifs is 1. The van der Waals surface area contributed by atoms with Gasteiger partial charge in [-0.2, -0.15) is 0 Å². The number of hydrazine groups is 1. The predicted octanol–water partition coefficient (Wildman–Crippen LogP) is 2.22. The standard InChI is InChI=1S/C18H17N3O5S/c22-15(20-21-18(24)13-6-4-10-25-13)11-26-17(23)9-3-8-16-19-12-5-1-2-7-14(12)27-16/h1-2,4-7,10H,3,8-9,11H2,(H,20,22)(H,21,24). The summed E-state index contributed by atoms with van der Waals surface area (Å²) in [6.07, 6.45) is 2.77. The molecule has 0 bridgehead atoms. The van der Waals surface area contributed by atoms with Crippen LogP contribution in [-0.2, 0) is 20.7 Å². The van der Waals surface area contributed by atoms with Crippen molar-refractivity contribution in [2.75, 3.05) is 6.61 Å². The molecule has 2 heterocycles. The number of para-hydroxylation sites is 1. The molecular weight excluding hydrogens is 370 g/mol. The number of carbonyl (C=O) groups is 3. The number of amides is 2. The number of hydrogen-bond donors (Lipinski definition) is 2. The Morgan fingerprint density at radius 3 is 2.74 bits per heavy atom. The Bertz CT molecular complexity index is 903. The number of hydrogen-bond acceptors (Lipinski definition) is 7. The minimum Gasteiger partial charge on any atom is -0.459 e. The first kappa shape index (κ1) is 18.6. The van der Waals surface area contributed by atoms with E-state index in [1.54, 1.807) is 17.4 Å². The van der Waals surface area contributed by atoms with Crippen molar-refractivity contribution in [1.29, 1.82) is 0 Å². The second kappa shape index (κ2) is 8.95. The summed E-state index contributed by atoms with van der Waals surface area (Å²) in [4.78, 5) is 39.3. The molecule has 2 N–H and O–H groups in total. The molecule has 140 valence electrons. The number of aryl methyl sites for hydroxylation is 1. The fraction of sp³-hybridized carbons (Fsp3) is 0.222. The van der Waals surface area contributed by atoms with Crippen LogP contribution in [0.15, 0.2) is 47.1 Å². The lowest BCUT2D eigenvalue weighted by Gasteiger charge is -2.06. The van der Waals surface area contributed by atoms with Crippen molar-refractivity contribution in [3.63, 3.8) is 0 Å². The molecule has 0 aliphatic carbocycles. The number of benzene rings is 1. The van der Waals surface area contributed by atoms with Gasteiger partial charge in [-0.25, -0.2) is 4.98 Å². The van der Waals surface area contributed by atoms with Gasteiger partial charge in [0, 0.05) is 6.42 Å². The third kappa shape index (κ3) is 5.38. The molecule has 1 aromatic carbocycles. The molecule has 0 aliphatic rings. The lowest BCUT2D eigenvalue weighted by molar-refractivity contribution is -0.148. The maximum Gasteiger partial charge on any atom is 0.306 e. The van der Waals surface area contributed by atoms with Crippen molar-refractivity contribution < 1.29 is 23.5 Å². The number of nitrogens with zero attached hydrogens (tertiary/aromatic N) is 1.